The van der Waals surface area contributed by atoms with Crippen LogP contribution in [0.15, 0.2) is 24.3 Å². The van der Waals surface area contributed by atoms with E-state index in [1.807, 2.05) is 36.0 Å². The lowest BCUT2D eigenvalue weighted by molar-refractivity contribution is -0.119. The molecule has 3 N–H and O–H groups in total. The summed E-state index contributed by atoms with van der Waals surface area (Å²) < 4.78 is 5.19. The zero-order valence-corrected chi connectivity index (χ0v) is 10.3. The van der Waals surface area contributed by atoms with Crippen molar-refractivity contribution in [1.82, 2.24) is 0 Å². The molecule has 2 rings (SSSR count). The summed E-state index contributed by atoms with van der Waals surface area (Å²) in [7, 11) is 0. The van der Waals surface area contributed by atoms with Crippen LogP contribution in [-0.2, 0) is 4.79 Å². The van der Waals surface area contributed by atoms with Crippen molar-refractivity contribution in [3.05, 3.63) is 24.3 Å². The highest BCUT2D eigenvalue weighted by atomic mass is 32.2. The SMILES string of the molecule is NC(=O)COc1ccc(NC2CCSC2)cc1. The van der Waals surface area contributed by atoms with Gasteiger partial charge in [-0.15, -0.1) is 0 Å². The van der Waals surface area contributed by atoms with Crippen molar-refractivity contribution in [2.45, 2.75) is 12.5 Å². The summed E-state index contributed by atoms with van der Waals surface area (Å²) in [6.45, 7) is -0.0773. The quantitative estimate of drug-likeness (QED) is 0.833. The Labute approximate surface area is 105 Å². The molecule has 1 amide bonds. The van der Waals surface area contributed by atoms with Crippen molar-refractivity contribution in [3.8, 4) is 5.75 Å². The maximum absolute atomic E-state index is 10.6. The number of benzene rings is 1. The van der Waals surface area contributed by atoms with Crippen molar-refractivity contribution in [2.24, 2.45) is 5.73 Å². The Balaban J connectivity index is 1.86. The van der Waals surface area contributed by atoms with E-state index in [0.29, 0.717) is 11.8 Å². The monoisotopic (exact) mass is 252 g/mol. The number of anilines is 1. The molecule has 1 fully saturated rings. The van der Waals surface area contributed by atoms with Crippen LogP contribution in [0.4, 0.5) is 5.69 Å². The molecule has 1 saturated heterocycles. The summed E-state index contributed by atoms with van der Waals surface area (Å²) in [4.78, 5) is 10.6. The Morgan fingerprint density at radius 2 is 2.24 bits per heavy atom. The molecule has 17 heavy (non-hydrogen) atoms. The molecule has 1 aromatic carbocycles. The molecule has 0 radical (unpaired) electrons. The van der Waals surface area contributed by atoms with Gasteiger partial charge in [0.2, 0.25) is 0 Å². The number of thioether (sulfide) groups is 1. The van der Waals surface area contributed by atoms with E-state index in [0.717, 1.165) is 5.69 Å². The summed E-state index contributed by atoms with van der Waals surface area (Å²) in [5.74, 6) is 2.60. The molecule has 1 heterocycles. The number of primary amides is 1. The minimum Gasteiger partial charge on any atom is -0.484 e. The third-order valence-corrected chi connectivity index (χ3v) is 3.70. The van der Waals surface area contributed by atoms with E-state index in [1.165, 1.54) is 17.9 Å². The predicted octanol–water partition coefficient (Wildman–Crippen LogP) is 1.47. The van der Waals surface area contributed by atoms with Crippen molar-refractivity contribution in [2.75, 3.05) is 23.4 Å². The molecule has 0 aliphatic carbocycles. The molecular formula is C12H16N2O2S. The van der Waals surface area contributed by atoms with Gasteiger partial charge in [0, 0.05) is 17.5 Å². The number of ether oxygens (including phenoxy) is 1. The van der Waals surface area contributed by atoms with Gasteiger partial charge in [0.25, 0.3) is 5.91 Å². The third kappa shape index (κ3) is 3.85. The van der Waals surface area contributed by atoms with Crippen molar-refractivity contribution >= 4 is 23.4 Å². The zero-order chi connectivity index (χ0) is 12.1. The van der Waals surface area contributed by atoms with E-state index in [9.17, 15) is 4.79 Å². The molecule has 92 valence electrons. The van der Waals surface area contributed by atoms with Crippen LogP contribution in [0.2, 0.25) is 0 Å². The van der Waals surface area contributed by atoms with Gasteiger partial charge in [0.15, 0.2) is 6.61 Å². The fourth-order valence-corrected chi connectivity index (χ4v) is 2.84. The number of nitrogens with one attached hydrogen (secondary N) is 1. The van der Waals surface area contributed by atoms with Crippen LogP contribution in [0.5, 0.6) is 5.75 Å². The van der Waals surface area contributed by atoms with Gasteiger partial charge in [-0.2, -0.15) is 11.8 Å². The number of hydrogen-bond acceptors (Lipinski definition) is 4. The molecule has 1 aromatic rings. The van der Waals surface area contributed by atoms with Gasteiger partial charge < -0.3 is 15.8 Å². The van der Waals surface area contributed by atoms with E-state index in [4.69, 9.17) is 10.5 Å². The summed E-state index contributed by atoms with van der Waals surface area (Å²) in [5.41, 5.74) is 6.09. The highest BCUT2D eigenvalue weighted by molar-refractivity contribution is 7.99. The molecule has 1 aliphatic rings. The summed E-state index contributed by atoms with van der Waals surface area (Å²) in [6.07, 6.45) is 1.21. The third-order valence-electron chi connectivity index (χ3n) is 2.54. The Kier molecular flexibility index (Phi) is 4.14. The second kappa shape index (κ2) is 5.82. The standard InChI is InChI=1S/C12H16N2O2S/c13-12(15)7-16-11-3-1-9(2-4-11)14-10-5-6-17-8-10/h1-4,10,14H,5-8H2,(H2,13,15). The molecule has 1 unspecified atom stereocenters. The van der Waals surface area contributed by atoms with Crippen molar-refractivity contribution in [3.63, 3.8) is 0 Å². The van der Waals surface area contributed by atoms with E-state index in [2.05, 4.69) is 5.32 Å². The van der Waals surface area contributed by atoms with Gasteiger partial charge in [-0.25, -0.2) is 0 Å². The van der Waals surface area contributed by atoms with E-state index < -0.39 is 5.91 Å². The maximum atomic E-state index is 10.6. The normalized spacial score (nSPS) is 18.9. The van der Waals surface area contributed by atoms with Crippen molar-refractivity contribution < 1.29 is 9.53 Å². The zero-order valence-electron chi connectivity index (χ0n) is 9.52. The fraction of sp³-hybridized carbons (Fsp3) is 0.417. The Morgan fingerprint density at radius 3 is 2.82 bits per heavy atom. The number of hydrogen-bond donors (Lipinski definition) is 2. The van der Waals surface area contributed by atoms with Gasteiger partial charge in [-0.3, -0.25) is 4.79 Å². The first-order valence-electron chi connectivity index (χ1n) is 5.59. The lowest BCUT2D eigenvalue weighted by Gasteiger charge is -2.13. The van der Waals surface area contributed by atoms with Crippen molar-refractivity contribution in [1.29, 1.82) is 0 Å². The van der Waals surface area contributed by atoms with Gasteiger partial charge in [0.1, 0.15) is 5.75 Å². The van der Waals surface area contributed by atoms with Gasteiger partial charge in [-0.05, 0) is 36.4 Å². The van der Waals surface area contributed by atoms with E-state index in [-0.39, 0.29) is 6.61 Å². The number of amides is 1. The Hall–Kier alpha value is -1.36. The largest absolute Gasteiger partial charge is 0.484 e. The molecule has 1 atom stereocenters. The second-order valence-electron chi connectivity index (χ2n) is 3.98. The molecular weight excluding hydrogens is 236 g/mol. The first-order valence-corrected chi connectivity index (χ1v) is 6.75. The minimum atomic E-state index is -0.463. The first kappa shape index (κ1) is 12.1. The average molecular weight is 252 g/mol. The minimum absolute atomic E-state index is 0.0773. The van der Waals surface area contributed by atoms with Crippen LogP contribution in [-0.4, -0.2) is 30.1 Å². The fourth-order valence-electron chi connectivity index (χ4n) is 1.69. The van der Waals surface area contributed by atoms with Gasteiger partial charge >= 0.3 is 0 Å². The highest BCUT2D eigenvalue weighted by Gasteiger charge is 2.14. The van der Waals surface area contributed by atoms with E-state index in [1.54, 1.807) is 0 Å². The maximum Gasteiger partial charge on any atom is 0.255 e. The Morgan fingerprint density at radius 1 is 1.47 bits per heavy atom. The topological polar surface area (TPSA) is 64.4 Å². The number of carbonyl (C=O) groups is 1. The molecule has 5 heteroatoms. The van der Waals surface area contributed by atoms with Gasteiger partial charge in [-0.1, -0.05) is 0 Å². The highest BCUT2D eigenvalue weighted by Crippen LogP contribution is 2.22. The second-order valence-corrected chi connectivity index (χ2v) is 5.13. The van der Waals surface area contributed by atoms with Crippen LogP contribution in [0.3, 0.4) is 0 Å². The van der Waals surface area contributed by atoms with Crippen LogP contribution >= 0.6 is 11.8 Å². The Bertz CT molecular complexity index is 375. The smallest absolute Gasteiger partial charge is 0.255 e. The lowest BCUT2D eigenvalue weighted by atomic mass is 10.2. The van der Waals surface area contributed by atoms with Crippen LogP contribution in [0.25, 0.3) is 0 Å². The number of nitrogens with two attached hydrogens (primary N) is 1. The summed E-state index contributed by atoms with van der Waals surface area (Å²) in [6, 6.07) is 8.16. The van der Waals surface area contributed by atoms with E-state index >= 15 is 0 Å². The summed E-state index contributed by atoms with van der Waals surface area (Å²) >= 11 is 1.98. The number of carbonyl (C=O) groups excluding carboxylic acids is 1. The van der Waals surface area contributed by atoms with Gasteiger partial charge in [0.05, 0.1) is 0 Å². The first-order chi connectivity index (χ1) is 8.24. The molecule has 0 spiro atoms. The molecule has 0 saturated carbocycles. The summed E-state index contributed by atoms with van der Waals surface area (Å²) in [5, 5.41) is 3.46. The molecule has 1 aliphatic heterocycles. The molecule has 0 bridgehead atoms. The average Bonchev–Trinajstić information content (AvgIpc) is 2.81. The molecule has 4 nitrogen and oxygen atoms in total. The van der Waals surface area contributed by atoms with Crippen LogP contribution < -0.4 is 15.8 Å². The molecule has 0 aromatic heterocycles. The predicted molar refractivity (Wildman–Crippen MR) is 70.5 cm³/mol. The van der Waals surface area contributed by atoms with Crippen LogP contribution in [0.1, 0.15) is 6.42 Å². The van der Waals surface area contributed by atoms with Crippen LogP contribution in [0, 0.1) is 0 Å². The number of rotatable bonds is 5. The lowest BCUT2D eigenvalue weighted by Crippen LogP contribution is -2.20.